The van der Waals surface area contributed by atoms with Gasteiger partial charge in [-0.05, 0) is 48.2 Å². The Bertz CT molecular complexity index is 1740. The number of halogens is 1. The second kappa shape index (κ2) is 13.0. The van der Waals surface area contributed by atoms with E-state index in [2.05, 4.69) is 26.7 Å². The van der Waals surface area contributed by atoms with Crippen LogP contribution in [0.5, 0.6) is 0 Å². The molecule has 12 heteroatoms. The van der Waals surface area contributed by atoms with Crippen LogP contribution < -0.4 is 5.32 Å². The number of hydrogen-bond acceptors (Lipinski definition) is 7. The molecule has 3 aliphatic rings. The van der Waals surface area contributed by atoms with Crippen molar-refractivity contribution in [1.82, 2.24) is 24.3 Å². The fourth-order valence-corrected chi connectivity index (χ4v) is 7.06. The Balaban J connectivity index is 1.27. The Hall–Kier alpha value is -3.24. The zero-order chi connectivity index (χ0) is 30.8. The van der Waals surface area contributed by atoms with Crippen LogP contribution in [0.1, 0.15) is 39.9 Å². The summed E-state index contributed by atoms with van der Waals surface area (Å²) in [7, 11) is -3.36. The first kappa shape index (κ1) is 30.8. The number of nitrogens with one attached hydrogen (secondary N) is 1. The lowest BCUT2D eigenvalue weighted by molar-refractivity contribution is -0.139. The molecule has 44 heavy (non-hydrogen) atoms. The summed E-state index contributed by atoms with van der Waals surface area (Å²) in [5, 5.41) is 17.9. The molecule has 0 aliphatic carbocycles. The van der Waals surface area contributed by atoms with E-state index in [0.717, 1.165) is 85.0 Å². The largest absolute Gasteiger partial charge is 0.480 e. The first-order chi connectivity index (χ1) is 21.2. The van der Waals surface area contributed by atoms with Crippen molar-refractivity contribution in [3.63, 3.8) is 0 Å². The summed E-state index contributed by atoms with van der Waals surface area (Å²) in [6.07, 6.45) is 3.23. The van der Waals surface area contributed by atoms with E-state index in [4.69, 9.17) is 21.4 Å². The van der Waals surface area contributed by atoms with Crippen LogP contribution in [0, 0.1) is 11.8 Å². The van der Waals surface area contributed by atoms with Crippen molar-refractivity contribution in [3.8, 4) is 23.1 Å². The lowest BCUT2D eigenvalue weighted by Gasteiger charge is -2.27. The predicted octanol–water partition coefficient (Wildman–Crippen LogP) is 2.74. The minimum absolute atomic E-state index is 0.280. The van der Waals surface area contributed by atoms with E-state index in [9.17, 15) is 18.3 Å². The third-order valence-corrected chi connectivity index (χ3v) is 10.1. The number of morpholine rings is 1. The maximum atomic E-state index is 12.5. The van der Waals surface area contributed by atoms with Crippen molar-refractivity contribution in [2.75, 3.05) is 45.6 Å². The van der Waals surface area contributed by atoms with E-state index in [1.54, 1.807) is 0 Å². The molecule has 2 aromatic carbocycles. The number of carbonyl (C=O) groups is 1. The van der Waals surface area contributed by atoms with E-state index >= 15 is 0 Å². The van der Waals surface area contributed by atoms with E-state index in [1.807, 2.05) is 36.4 Å². The summed E-state index contributed by atoms with van der Waals surface area (Å²) >= 11 is 6.59. The summed E-state index contributed by atoms with van der Waals surface area (Å²) in [4.78, 5) is 13.8. The third kappa shape index (κ3) is 6.86. The number of fused-ring (bicyclic) bond motifs is 2. The average molecular weight is 638 g/mol. The molecule has 1 aromatic heterocycles. The number of aromatic nitrogens is 2. The Morgan fingerprint density at radius 2 is 1.93 bits per heavy atom. The molecule has 10 nitrogen and oxygen atoms in total. The maximum Gasteiger partial charge on any atom is 0.321 e. The van der Waals surface area contributed by atoms with E-state index in [-0.39, 0.29) is 6.54 Å². The molecule has 0 spiro atoms. The first-order valence-corrected chi connectivity index (χ1v) is 17.1. The number of aliphatic carboxylic acids is 1. The Morgan fingerprint density at radius 1 is 1.11 bits per heavy atom. The van der Waals surface area contributed by atoms with Crippen LogP contribution in [-0.4, -0.2) is 90.2 Å². The number of carboxylic acids is 1. The molecule has 1 fully saturated rings. The van der Waals surface area contributed by atoms with Gasteiger partial charge in [0.25, 0.3) is 0 Å². The van der Waals surface area contributed by atoms with Gasteiger partial charge in [-0.25, -0.2) is 8.42 Å². The number of ether oxygens (including phenoxy) is 1. The van der Waals surface area contributed by atoms with Gasteiger partial charge in [0, 0.05) is 80.2 Å². The highest BCUT2D eigenvalue weighted by atomic mass is 35.5. The summed E-state index contributed by atoms with van der Waals surface area (Å²) in [6, 6.07) is 10.9. The molecule has 1 saturated heterocycles. The second-order valence-corrected chi connectivity index (χ2v) is 13.9. The lowest BCUT2D eigenvalue weighted by Crippen LogP contribution is -2.41. The van der Waals surface area contributed by atoms with Crippen LogP contribution in [0.25, 0.3) is 11.3 Å². The number of hydrogen-bond donors (Lipinski definition) is 2. The van der Waals surface area contributed by atoms with Crippen LogP contribution in [0.2, 0.25) is 5.02 Å². The number of benzene rings is 2. The van der Waals surface area contributed by atoms with E-state index < -0.39 is 22.0 Å². The van der Waals surface area contributed by atoms with Gasteiger partial charge < -0.3 is 15.2 Å². The quantitative estimate of drug-likeness (QED) is 0.380. The van der Waals surface area contributed by atoms with Crippen molar-refractivity contribution >= 4 is 27.6 Å². The number of sulfonamides is 1. The molecule has 6 rings (SSSR count). The number of aryl methyl sites for hydroxylation is 1. The highest BCUT2D eigenvalue weighted by Crippen LogP contribution is 2.33. The number of nitrogens with zero attached hydrogens (tertiary/aromatic N) is 4. The van der Waals surface area contributed by atoms with Crippen molar-refractivity contribution in [3.05, 3.63) is 74.9 Å². The van der Waals surface area contributed by atoms with E-state index in [1.165, 1.54) is 10.6 Å². The highest BCUT2D eigenvalue weighted by Gasteiger charge is 2.30. The molecule has 0 bridgehead atoms. The molecule has 0 amide bonds. The molecule has 1 atom stereocenters. The summed E-state index contributed by atoms with van der Waals surface area (Å²) < 4.78 is 34.0. The van der Waals surface area contributed by atoms with Crippen LogP contribution >= 0.6 is 11.6 Å². The minimum Gasteiger partial charge on any atom is -0.480 e. The first-order valence-electron chi connectivity index (χ1n) is 14.9. The summed E-state index contributed by atoms with van der Waals surface area (Å²) in [5.74, 6) is 5.57. The fraction of sp³-hybridized carbons (Fsp3) is 0.438. The van der Waals surface area contributed by atoms with Gasteiger partial charge in [0.2, 0.25) is 10.0 Å². The highest BCUT2D eigenvalue weighted by molar-refractivity contribution is 7.88. The van der Waals surface area contributed by atoms with Gasteiger partial charge in [-0.1, -0.05) is 35.6 Å². The SMILES string of the molecule is CS(=O)(=O)N1CCc2c(c(-c3ccc(Cl)c(C#Cc4ccc5c(c4)CN[C@H](C(=O)O)C5)c3)nn2CCCN2CCOCC2)C1. The van der Waals surface area contributed by atoms with Crippen LogP contribution in [0.15, 0.2) is 36.4 Å². The van der Waals surface area contributed by atoms with Gasteiger partial charge in [-0.3, -0.25) is 14.4 Å². The molecule has 3 aromatic rings. The Kier molecular flexibility index (Phi) is 9.10. The molecule has 0 radical (unpaired) electrons. The Labute approximate surface area is 263 Å². The van der Waals surface area contributed by atoms with Crippen LogP contribution in [-0.2, 0) is 52.0 Å². The summed E-state index contributed by atoms with van der Waals surface area (Å²) in [6.45, 7) is 6.31. The van der Waals surface area contributed by atoms with Gasteiger partial charge in [-0.2, -0.15) is 9.40 Å². The number of carboxylic acid groups (broad SMARTS) is 1. The molecule has 232 valence electrons. The van der Waals surface area contributed by atoms with Crippen LogP contribution in [0.3, 0.4) is 0 Å². The van der Waals surface area contributed by atoms with E-state index in [0.29, 0.717) is 36.5 Å². The zero-order valence-corrected chi connectivity index (χ0v) is 26.3. The van der Waals surface area contributed by atoms with Crippen molar-refractivity contribution < 1.29 is 23.1 Å². The summed E-state index contributed by atoms with van der Waals surface area (Å²) in [5.41, 5.74) is 7.11. The molecule has 0 saturated carbocycles. The monoisotopic (exact) mass is 637 g/mol. The minimum atomic E-state index is -3.36. The smallest absolute Gasteiger partial charge is 0.321 e. The molecule has 3 aliphatic heterocycles. The van der Waals surface area contributed by atoms with Crippen LogP contribution in [0.4, 0.5) is 0 Å². The van der Waals surface area contributed by atoms with Gasteiger partial charge in [0.15, 0.2) is 0 Å². The molecule has 0 unspecified atom stereocenters. The molecular weight excluding hydrogens is 602 g/mol. The second-order valence-electron chi connectivity index (χ2n) is 11.6. The normalized spacial score (nSPS) is 19.1. The van der Waals surface area contributed by atoms with Gasteiger partial charge in [0.1, 0.15) is 6.04 Å². The Morgan fingerprint density at radius 3 is 2.70 bits per heavy atom. The third-order valence-electron chi connectivity index (χ3n) is 8.56. The van der Waals surface area contributed by atoms with Crippen molar-refractivity contribution in [1.29, 1.82) is 0 Å². The average Bonchev–Trinajstić information content (AvgIpc) is 3.38. The van der Waals surface area contributed by atoms with Crippen molar-refractivity contribution in [2.45, 2.75) is 44.9 Å². The predicted molar refractivity (Wildman–Crippen MR) is 168 cm³/mol. The standard InChI is InChI=1S/C32H36ClN5O5S/c1-44(41,42)37-12-9-30-27(21-37)31(35-38(30)11-2-10-36-13-15-43-16-14-36)25-7-8-28(33)24(18-25)6-4-22-3-5-23-19-29(32(39)40)34-20-26(23)17-22/h3,5,7-8,17-18,29,34H,2,9-16,19-21H2,1H3,(H,39,40)/t29-/m0/s1. The van der Waals surface area contributed by atoms with Crippen molar-refractivity contribution in [2.24, 2.45) is 0 Å². The molecule has 2 N–H and O–H groups in total. The van der Waals surface area contributed by atoms with Gasteiger partial charge in [-0.15, -0.1) is 0 Å². The molecule has 4 heterocycles. The van der Waals surface area contributed by atoms with Gasteiger partial charge in [0.05, 0.1) is 30.2 Å². The fourth-order valence-electron chi connectivity index (χ4n) is 6.11. The number of rotatable bonds is 7. The van der Waals surface area contributed by atoms with Gasteiger partial charge >= 0.3 is 5.97 Å². The molecular formula is C32H36ClN5O5S. The zero-order valence-electron chi connectivity index (χ0n) is 24.7. The maximum absolute atomic E-state index is 12.5. The lowest BCUT2D eigenvalue weighted by atomic mass is 9.94. The topological polar surface area (TPSA) is 117 Å².